The van der Waals surface area contributed by atoms with E-state index in [0.29, 0.717) is 27.7 Å². The van der Waals surface area contributed by atoms with Gasteiger partial charge in [0.15, 0.2) is 16.5 Å². The Labute approximate surface area is 266 Å². The Balaban J connectivity index is 1.33. The minimum Gasteiger partial charge on any atom is -0.478 e. The van der Waals surface area contributed by atoms with Crippen LogP contribution in [0.15, 0.2) is 64.2 Å². The number of halogens is 3. The molecule has 0 aliphatic carbocycles. The highest BCUT2D eigenvalue weighted by Crippen LogP contribution is 2.43. The molecule has 3 aliphatic rings. The van der Waals surface area contributed by atoms with Crippen LogP contribution in [0.25, 0.3) is 0 Å². The van der Waals surface area contributed by atoms with Crippen molar-refractivity contribution in [1.29, 1.82) is 0 Å². The van der Waals surface area contributed by atoms with E-state index in [0.717, 1.165) is 11.0 Å². The minimum atomic E-state index is -2.25. The number of aliphatic imine (C=N–C) groups is 1. The molecule has 3 aromatic rings. The zero-order valence-corrected chi connectivity index (χ0v) is 25.7. The number of hydrogen-bond acceptors (Lipinski definition) is 9. The van der Waals surface area contributed by atoms with Gasteiger partial charge in [-0.05, 0) is 49.2 Å². The van der Waals surface area contributed by atoms with Crippen LogP contribution in [0.2, 0.25) is 0 Å². The number of ether oxygens (including phenoxy) is 1. The van der Waals surface area contributed by atoms with E-state index < -0.39 is 47.1 Å². The first-order chi connectivity index (χ1) is 22.0. The molecule has 3 atom stereocenters. The lowest BCUT2D eigenvalue weighted by Gasteiger charge is -2.38. The number of fused-ring (bicyclic) bond motifs is 1. The summed E-state index contributed by atoms with van der Waals surface area (Å²) in [6.07, 6.45) is 1.44. The molecule has 0 saturated carbocycles. The summed E-state index contributed by atoms with van der Waals surface area (Å²) in [6.45, 7) is 3.61. The monoisotopic (exact) mass is 653 g/mol. The van der Waals surface area contributed by atoms with E-state index in [4.69, 9.17) is 9.73 Å². The number of aromatic carboxylic acids is 1. The molecule has 14 heteroatoms. The van der Waals surface area contributed by atoms with Gasteiger partial charge in [-0.1, -0.05) is 12.1 Å². The third kappa shape index (κ3) is 5.55. The van der Waals surface area contributed by atoms with Crippen LogP contribution in [-0.2, 0) is 14.3 Å². The van der Waals surface area contributed by atoms with Gasteiger partial charge in [0, 0.05) is 55.8 Å². The smallest absolute Gasteiger partial charge is 0.338 e. The molecule has 0 spiro atoms. The number of nitrogens with one attached hydrogen (secondary N) is 1. The lowest BCUT2D eigenvalue weighted by molar-refractivity contribution is -0.139. The van der Waals surface area contributed by atoms with Crippen LogP contribution in [0.1, 0.15) is 45.9 Å². The molecule has 1 aromatic heterocycles. The van der Waals surface area contributed by atoms with E-state index in [1.165, 1.54) is 29.5 Å². The molecule has 2 fully saturated rings. The van der Waals surface area contributed by atoms with Crippen molar-refractivity contribution in [3.8, 4) is 0 Å². The number of carboxylic acids is 1. The van der Waals surface area contributed by atoms with E-state index >= 15 is 4.39 Å². The topological polar surface area (TPSA) is 124 Å². The van der Waals surface area contributed by atoms with Crippen LogP contribution in [0, 0.1) is 24.5 Å². The van der Waals surface area contributed by atoms with Crippen molar-refractivity contribution in [2.45, 2.75) is 32.0 Å². The Kier molecular flexibility index (Phi) is 8.42. The number of benzene rings is 2. The Hall–Kier alpha value is -4.56. The number of nitrogens with zero attached hydrogens (tertiary/aromatic N) is 4. The zero-order chi connectivity index (χ0) is 32.7. The second kappa shape index (κ2) is 12.3. The minimum absolute atomic E-state index is 0.0889. The Morgan fingerprint density at radius 3 is 2.70 bits per heavy atom. The maximum Gasteiger partial charge on any atom is 0.338 e. The summed E-state index contributed by atoms with van der Waals surface area (Å²) in [6, 6.07) is 6.81. The van der Waals surface area contributed by atoms with Gasteiger partial charge < -0.3 is 20.1 Å². The van der Waals surface area contributed by atoms with Crippen molar-refractivity contribution >= 4 is 40.7 Å². The maximum atomic E-state index is 16.3. The highest BCUT2D eigenvalue weighted by molar-refractivity contribution is 7.11. The van der Waals surface area contributed by atoms with Gasteiger partial charge in [-0.25, -0.2) is 27.7 Å². The number of carbonyl (C=O) groups excluding carboxylic acids is 2. The summed E-state index contributed by atoms with van der Waals surface area (Å²) in [5, 5.41) is 14.7. The summed E-state index contributed by atoms with van der Waals surface area (Å²) in [5.41, 5.74) is -1.32. The first-order valence-electron chi connectivity index (χ1n) is 14.7. The fourth-order valence-corrected chi connectivity index (χ4v) is 6.87. The van der Waals surface area contributed by atoms with Crippen LogP contribution in [-0.4, -0.2) is 77.1 Å². The molecule has 1 amide bonds. The predicted molar refractivity (Wildman–Crippen MR) is 163 cm³/mol. The van der Waals surface area contributed by atoms with Crippen LogP contribution in [0.3, 0.4) is 0 Å². The van der Waals surface area contributed by atoms with E-state index in [2.05, 4.69) is 10.3 Å². The average Bonchev–Trinajstić information content (AvgIpc) is 3.65. The summed E-state index contributed by atoms with van der Waals surface area (Å²) in [4.78, 5) is 50.1. The van der Waals surface area contributed by atoms with Gasteiger partial charge in [0.2, 0.25) is 0 Å². The molecule has 2 N–H and O–H groups in total. The van der Waals surface area contributed by atoms with Crippen molar-refractivity contribution in [1.82, 2.24) is 15.2 Å². The van der Waals surface area contributed by atoms with Crippen LogP contribution < -0.4 is 10.2 Å². The van der Waals surface area contributed by atoms with Gasteiger partial charge >= 0.3 is 11.9 Å². The standard InChI is InChI=1S/C32H30F3N5O5S/c1-3-45-30(43)25-23(37-27(28-36-10-12-46-28)38-26(25)20-5-4-6-21(33)17(20)2)16-39-11-9-32(35)19(14-39)15-40(31(32)44)24-8-7-18(29(41)42)13-22(24)34/h4-8,10,12-13,19,26H,3,9,11,14-16H2,1-2H3,(H,37,38)(H,41,42)/t19-,26+,32+/m1/s1. The Bertz CT molecular complexity index is 1780. The highest BCUT2D eigenvalue weighted by Gasteiger charge is 2.57. The number of carbonyl (C=O) groups is 3. The number of aromatic nitrogens is 1. The predicted octanol–water partition coefficient (Wildman–Crippen LogP) is 4.41. The van der Waals surface area contributed by atoms with E-state index in [1.807, 2.05) is 4.90 Å². The van der Waals surface area contributed by atoms with Crippen LogP contribution in [0.4, 0.5) is 18.9 Å². The van der Waals surface area contributed by atoms with Gasteiger partial charge in [-0.15, -0.1) is 11.3 Å². The summed E-state index contributed by atoms with van der Waals surface area (Å²) in [5.74, 6) is -4.68. The molecule has 4 heterocycles. The number of amidine groups is 1. The van der Waals surface area contributed by atoms with Crippen molar-refractivity contribution in [3.05, 3.63) is 92.6 Å². The quantitative estimate of drug-likeness (QED) is 0.343. The second-order valence-corrected chi connectivity index (χ2v) is 12.2. The third-order valence-corrected chi connectivity index (χ3v) is 9.43. The second-order valence-electron chi connectivity index (χ2n) is 11.3. The maximum absolute atomic E-state index is 16.3. The van der Waals surface area contributed by atoms with E-state index in [9.17, 15) is 28.3 Å². The van der Waals surface area contributed by atoms with E-state index in [1.54, 1.807) is 37.6 Å². The molecular formula is C32H30F3N5O5S. The molecule has 0 radical (unpaired) electrons. The number of anilines is 1. The lowest BCUT2D eigenvalue weighted by Crippen LogP contribution is -2.52. The SMILES string of the molecule is CCOC(=O)C1=C(CN2CC[C@@]3(F)C(=O)N(c4ccc(C(=O)O)cc4F)C[C@H]3C2)NC(c2nccs2)=N[C@H]1c1cccc(F)c1C. The number of thiazole rings is 1. The first-order valence-corrected chi connectivity index (χ1v) is 15.6. The zero-order valence-electron chi connectivity index (χ0n) is 24.9. The molecule has 6 rings (SSSR count). The number of alkyl halides is 1. The Morgan fingerprint density at radius 2 is 2.00 bits per heavy atom. The van der Waals surface area contributed by atoms with Crippen molar-refractivity contribution in [2.24, 2.45) is 10.9 Å². The lowest BCUT2D eigenvalue weighted by atomic mass is 9.84. The number of likely N-dealkylation sites (tertiary alicyclic amines) is 1. The van der Waals surface area contributed by atoms with Crippen LogP contribution in [0.5, 0.6) is 0 Å². The summed E-state index contributed by atoms with van der Waals surface area (Å²) < 4.78 is 51.4. The van der Waals surface area contributed by atoms with Gasteiger partial charge in [0.1, 0.15) is 17.7 Å². The molecule has 3 aliphatic heterocycles. The van der Waals surface area contributed by atoms with Gasteiger partial charge in [0.25, 0.3) is 5.91 Å². The normalized spacial score (nSPS) is 23.2. The number of carboxylic acid groups (broad SMARTS) is 1. The van der Waals surface area contributed by atoms with Gasteiger partial charge in [-0.2, -0.15) is 0 Å². The number of amides is 1. The fourth-order valence-electron chi connectivity index (χ4n) is 6.28. The third-order valence-electron chi connectivity index (χ3n) is 8.65. The van der Waals surface area contributed by atoms with Gasteiger partial charge in [0.05, 0.1) is 23.4 Å². The number of piperidine rings is 1. The number of esters is 1. The van der Waals surface area contributed by atoms with Crippen molar-refractivity contribution < 1.29 is 37.4 Å². The molecule has 0 unspecified atom stereocenters. The molecular weight excluding hydrogens is 623 g/mol. The molecule has 2 aromatic carbocycles. The molecule has 0 bridgehead atoms. The molecule has 2 saturated heterocycles. The largest absolute Gasteiger partial charge is 0.478 e. The number of hydrogen-bond donors (Lipinski definition) is 2. The highest BCUT2D eigenvalue weighted by atomic mass is 32.1. The summed E-state index contributed by atoms with van der Waals surface area (Å²) >= 11 is 1.33. The van der Waals surface area contributed by atoms with Crippen molar-refractivity contribution in [3.63, 3.8) is 0 Å². The number of rotatable bonds is 8. The molecule has 10 nitrogen and oxygen atoms in total. The first kappa shape index (κ1) is 31.4. The van der Waals surface area contributed by atoms with E-state index in [-0.39, 0.29) is 56.0 Å². The Morgan fingerprint density at radius 1 is 1.20 bits per heavy atom. The van der Waals surface area contributed by atoms with Gasteiger partial charge in [-0.3, -0.25) is 14.7 Å². The molecule has 240 valence electrons. The summed E-state index contributed by atoms with van der Waals surface area (Å²) in [7, 11) is 0. The average molecular weight is 654 g/mol. The van der Waals surface area contributed by atoms with Crippen molar-refractivity contribution in [2.75, 3.05) is 37.7 Å². The van der Waals surface area contributed by atoms with Crippen LogP contribution >= 0.6 is 11.3 Å². The molecule has 46 heavy (non-hydrogen) atoms. The fraction of sp³-hybridized carbons (Fsp3) is 0.344.